The molecule has 3 N–H and O–H groups in total. The van der Waals surface area contributed by atoms with Crippen LogP contribution in [0, 0.1) is 12.7 Å². The van der Waals surface area contributed by atoms with Gasteiger partial charge in [-0.05, 0) is 31.0 Å². The molecule has 0 heterocycles. The van der Waals surface area contributed by atoms with E-state index in [0.29, 0.717) is 5.69 Å². The zero-order chi connectivity index (χ0) is 13.0. The van der Waals surface area contributed by atoms with Crippen LogP contribution >= 0.6 is 0 Å². The second kappa shape index (κ2) is 5.54. The molecule has 0 aliphatic carbocycles. The second-order valence-corrected chi connectivity index (χ2v) is 4.36. The number of nitrogens with two attached hydrogens (primary N) is 1. The molecule has 0 saturated carbocycles. The third kappa shape index (κ3) is 3.00. The number of rotatable bonds is 4. The van der Waals surface area contributed by atoms with Gasteiger partial charge in [0.25, 0.3) is 0 Å². The van der Waals surface area contributed by atoms with Gasteiger partial charge in [0.05, 0.1) is 11.4 Å². The average Bonchev–Trinajstić information content (AvgIpc) is 2.37. The molecule has 3 heteroatoms. The van der Waals surface area contributed by atoms with Crippen molar-refractivity contribution in [2.45, 2.75) is 13.3 Å². The summed E-state index contributed by atoms with van der Waals surface area (Å²) in [6.45, 7) is 2.80. The first-order valence-electron chi connectivity index (χ1n) is 6.00. The lowest BCUT2D eigenvalue weighted by Gasteiger charge is -2.09. The van der Waals surface area contributed by atoms with Crippen LogP contribution in [-0.2, 0) is 6.42 Å². The highest BCUT2D eigenvalue weighted by molar-refractivity contribution is 5.66. The third-order valence-electron chi connectivity index (χ3n) is 2.90. The highest BCUT2D eigenvalue weighted by atomic mass is 19.1. The largest absolute Gasteiger partial charge is 0.395 e. The summed E-state index contributed by atoms with van der Waals surface area (Å²) in [5, 5.41) is 3.15. The van der Waals surface area contributed by atoms with Gasteiger partial charge in [0.1, 0.15) is 5.82 Å². The van der Waals surface area contributed by atoms with Gasteiger partial charge >= 0.3 is 0 Å². The smallest absolute Gasteiger partial charge is 0.148 e. The molecule has 94 valence electrons. The summed E-state index contributed by atoms with van der Waals surface area (Å²) in [5.41, 5.74) is 8.98. The van der Waals surface area contributed by atoms with Crippen molar-refractivity contribution in [2.24, 2.45) is 0 Å². The minimum Gasteiger partial charge on any atom is -0.395 e. The lowest BCUT2D eigenvalue weighted by Crippen LogP contribution is -2.07. The average molecular weight is 244 g/mol. The lowest BCUT2D eigenvalue weighted by atomic mass is 10.1. The Hall–Kier alpha value is -2.03. The Morgan fingerprint density at radius 3 is 2.56 bits per heavy atom. The molecular weight excluding hydrogens is 227 g/mol. The normalized spacial score (nSPS) is 10.3. The van der Waals surface area contributed by atoms with Crippen LogP contribution in [0.4, 0.5) is 15.8 Å². The van der Waals surface area contributed by atoms with Crippen LogP contribution in [0.1, 0.15) is 11.1 Å². The Morgan fingerprint density at radius 2 is 1.83 bits per heavy atom. The fourth-order valence-corrected chi connectivity index (χ4v) is 1.79. The van der Waals surface area contributed by atoms with E-state index in [1.54, 1.807) is 12.1 Å². The molecule has 0 fully saturated rings. The van der Waals surface area contributed by atoms with Crippen molar-refractivity contribution in [3.63, 3.8) is 0 Å². The predicted octanol–water partition coefficient (Wildman–Crippen LogP) is 3.37. The number of aryl methyl sites for hydroxylation is 1. The molecule has 2 rings (SSSR count). The van der Waals surface area contributed by atoms with E-state index in [1.165, 1.54) is 17.2 Å². The van der Waals surface area contributed by atoms with Crippen LogP contribution < -0.4 is 11.1 Å². The summed E-state index contributed by atoms with van der Waals surface area (Å²) in [6.07, 6.45) is 0.885. The van der Waals surface area contributed by atoms with E-state index in [-0.39, 0.29) is 11.5 Å². The van der Waals surface area contributed by atoms with Crippen LogP contribution in [-0.4, -0.2) is 6.54 Å². The zero-order valence-electron chi connectivity index (χ0n) is 10.4. The number of nitrogens with one attached hydrogen (secondary N) is 1. The predicted molar refractivity (Wildman–Crippen MR) is 74.2 cm³/mol. The van der Waals surface area contributed by atoms with Crippen molar-refractivity contribution in [3.05, 3.63) is 59.4 Å². The third-order valence-corrected chi connectivity index (χ3v) is 2.90. The summed E-state index contributed by atoms with van der Waals surface area (Å²) >= 11 is 0. The van der Waals surface area contributed by atoms with Gasteiger partial charge in [-0.25, -0.2) is 4.39 Å². The highest BCUT2D eigenvalue weighted by Crippen LogP contribution is 2.20. The van der Waals surface area contributed by atoms with Gasteiger partial charge in [-0.3, -0.25) is 0 Å². The zero-order valence-corrected chi connectivity index (χ0v) is 10.4. The van der Waals surface area contributed by atoms with Crippen molar-refractivity contribution in [1.82, 2.24) is 0 Å². The molecule has 0 aliphatic rings. The molecule has 18 heavy (non-hydrogen) atoms. The highest BCUT2D eigenvalue weighted by Gasteiger charge is 2.03. The van der Waals surface area contributed by atoms with E-state index in [9.17, 15) is 4.39 Å². The Balaban J connectivity index is 1.92. The van der Waals surface area contributed by atoms with Crippen molar-refractivity contribution in [1.29, 1.82) is 0 Å². The molecule has 0 saturated heterocycles. The first-order valence-corrected chi connectivity index (χ1v) is 6.00. The minimum absolute atomic E-state index is 0.182. The van der Waals surface area contributed by atoms with Crippen molar-refractivity contribution >= 4 is 11.4 Å². The summed E-state index contributed by atoms with van der Waals surface area (Å²) in [7, 11) is 0. The van der Waals surface area contributed by atoms with Crippen molar-refractivity contribution in [2.75, 3.05) is 17.6 Å². The quantitative estimate of drug-likeness (QED) is 0.809. The van der Waals surface area contributed by atoms with Crippen LogP contribution in [0.25, 0.3) is 0 Å². The Kier molecular flexibility index (Phi) is 3.82. The monoisotopic (exact) mass is 244 g/mol. The van der Waals surface area contributed by atoms with E-state index in [1.807, 2.05) is 0 Å². The SMILES string of the molecule is Cc1ccc(CCNc2cccc(F)c2N)cc1. The summed E-state index contributed by atoms with van der Waals surface area (Å²) in [5.74, 6) is -0.379. The van der Waals surface area contributed by atoms with Gasteiger partial charge in [-0.1, -0.05) is 35.9 Å². The number of halogens is 1. The first-order chi connectivity index (χ1) is 8.66. The molecule has 0 aromatic heterocycles. The van der Waals surface area contributed by atoms with Crippen LogP contribution in [0.2, 0.25) is 0 Å². The molecule has 0 amide bonds. The van der Waals surface area contributed by atoms with E-state index in [0.717, 1.165) is 13.0 Å². The number of benzene rings is 2. The minimum atomic E-state index is -0.379. The van der Waals surface area contributed by atoms with E-state index in [2.05, 4.69) is 36.5 Å². The Morgan fingerprint density at radius 1 is 1.11 bits per heavy atom. The molecule has 0 atom stereocenters. The molecule has 0 aliphatic heterocycles. The number of hydrogen-bond acceptors (Lipinski definition) is 2. The molecule has 2 nitrogen and oxygen atoms in total. The summed E-state index contributed by atoms with van der Waals surface area (Å²) in [6, 6.07) is 13.2. The van der Waals surface area contributed by atoms with E-state index in [4.69, 9.17) is 5.73 Å². The molecule has 0 bridgehead atoms. The fourth-order valence-electron chi connectivity index (χ4n) is 1.79. The Bertz CT molecular complexity index is 521. The summed E-state index contributed by atoms with van der Waals surface area (Å²) in [4.78, 5) is 0. The number of nitrogen functional groups attached to an aromatic ring is 1. The van der Waals surface area contributed by atoms with E-state index >= 15 is 0 Å². The molecule has 0 radical (unpaired) electrons. The maximum absolute atomic E-state index is 13.2. The molecule has 0 spiro atoms. The van der Waals surface area contributed by atoms with Gasteiger partial charge < -0.3 is 11.1 Å². The Labute approximate surface area is 107 Å². The maximum atomic E-state index is 13.2. The first kappa shape index (κ1) is 12.4. The molecule has 2 aromatic rings. The van der Waals surface area contributed by atoms with Crippen molar-refractivity contribution < 1.29 is 4.39 Å². The van der Waals surface area contributed by atoms with Gasteiger partial charge in [-0.2, -0.15) is 0 Å². The lowest BCUT2D eigenvalue weighted by molar-refractivity contribution is 0.633. The van der Waals surface area contributed by atoms with Gasteiger partial charge in [-0.15, -0.1) is 0 Å². The summed E-state index contributed by atoms with van der Waals surface area (Å²) < 4.78 is 13.2. The fraction of sp³-hybridized carbons (Fsp3) is 0.200. The number of anilines is 2. The van der Waals surface area contributed by atoms with Gasteiger partial charge in [0, 0.05) is 6.54 Å². The maximum Gasteiger partial charge on any atom is 0.148 e. The van der Waals surface area contributed by atoms with Crippen molar-refractivity contribution in [3.8, 4) is 0 Å². The molecule has 2 aromatic carbocycles. The van der Waals surface area contributed by atoms with Crippen LogP contribution in [0.5, 0.6) is 0 Å². The van der Waals surface area contributed by atoms with E-state index < -0.39 is 0 Å². The molecule has 0 unspecified atom stereocenters. The van der Waals surface area contributed by atoms with Gasteiger partial charge in [0.2, 0.25) is 0 Å². The number of hydrogen-bond donors (Lipinski definition) is 2. The standard InChI is InChI=1S/C15H17FN2/c1-11-5-7-12(8-6-11)9-10-18-14-4-2-3-13(16)15(14)17/h2-8,18H,9-10,17H2,1H3. The van der Waals surface area contributed by atoms with Gasteiger partial charge in [0.15, 0.2) is 0 Å². The topological polar surface area (TPSA) is 38.0 Å². The second-order valence-electron chi connectivity index (χ2n) is 4.36. The number of para-hydroxylation sites is 1. The van der Waals surface area contributed by atoms with Crippen LogP contribution in [0.3, 0.4) is 0 Å². The molecular formula is C15H17FN2. The van der Waals surface area contributed by atoms with Crippen LogP contribution in [0.15, 0.2) is 42.5 Å².